The number of benzene rings is 2. The predicted octanol–water partition coefficient (Wildman–Crippen LogP) is 4.44. The minimum absolute atomic E-state index is 0.370. The highest BCUT2D eigenvalue weighted by atomic mass is 35.5. The van der Waals surface area contributed by atoms with Crippen LogP contribution in [-0.2, 0) is 13.0 Å². The Morgan fingerprint density at radius 1 is 1.05 bits per heavy atom. The van der Waals surface area contributed by atoms with Crippen molar-refractivity contribution in [2.75, 3.05) is 19.4 Å². The van der Waals surface area contributed by atoms with Gasteiger partial charge in [-0.15, -0.1) is 0 Å². The lowest BCUT2D eigenvalue weighted by atomic mass is 10.1. The van der Waals surface area contributed by atoms with Crippen molar-refractivity contribution in [1.82, 2.24) is 4.90 Å². The van der Waals surface area contributed by atoms with Crippen molar-refractivity contribution in [3.05, 3.63) is 64.7 Å². The molecule has 2 aromatic carbocycles. The van der Waals surface area contributed by atoms with E-state index in [2.05, 4.69) is 67.6 Å². The number of halogens is 1. The van der Waals surface area contributed by atoms with E-state index in [0.717, 1.165) is 18.0 Å². The van der Waals surface area contributed by atoms with E-state index in [1.807, 2.05) is 12.1 Å². The van der Waals surface area contributed by atoms with E-state index in [-0.39, 0.29) is 0 Å². The topological polar surface area (TPSA) is 15.3 Å². The second-order valence-corrected chi connectivity index (χ2v) is 6.21. The molecule has 2 rings (SSSR count). The third-order valence-corrected chi connectivity index (χ3v) is 3.61. The van der Waals surface area contributed by atoms with Gasteiger partial charge in [-0.25, -0.2) is 0 Å². The lowest BCUT2D eigenvalue weighted by Crippen LogP contribution is -2.20. The van der Waals surface area contributed by atoms with Crippen molar-refractivity contribution in [3.63, 3.8) is 0 Å². The summed E-state index contributed by atoms with van der Waals surface area (Å²) in [7, 11) is 4.18. The Morgan fingerprint density at radius 2 is 1.71 bits per heavy atom. The van der Waals surface area contributed by atoms with E-state index in [1.165, 1.54) is 16.8 Å². The summed E-state index contributed by atoms with van der Waals surface area (Å²) in [5.41, 5.74) is 3.84. The highest BCUT2D eigenvalue weighted by molar-refractivity contribution is 6.30. The molecular formula is C18H23ClN2. The van der Waals surface area contributed by atoms with Crippen LogP contribution in [0.2, 0.25) is 5.02 Å². The maximum absolute atomic E-state index is 5.93. The second-order valence-electron chi connectivity index (χ2n) is 5.77. The predicted molar refractivity (Wildman–Crippen MR) is 92.1 cm³/mol. The summed E-state index contributed by atoms with van der Waals surface area (Å²) >= 11 is 5.93. The van der Waals surface area contributed by atoms with E-state index in [1.54, 1.807) is 0 Å². The van der Waals surface area contributed by atoms with E-state index in [0.29, 0.717) is 6.04 Å². The van der Waals surface area contributed by atoms with E-state index < -0.39 is 0 Å². The van der Waals surface area contributed by atoms with E-state index in [4.69, 9.17) is 11.6 Å². The molecule has 0 bridgehead atoms. The molecule has 3 heteroatoms. The summed E-state index contributed by atoms with van der Waals surface area (Å²) in [6, 6.07) is 16.9. The van der Waals surface area contributed by atoms with Crippen LogP contribution in [0.1, 0.15) is 18.1 Å². The summed E-state index contributed by atoms with van der Waals surface area (Å²) in [5.74, 6) is 0. The van der Waals surface area contributed by atoms with Crippen LogP contribution in [-0.4, -0.2) is 25.0 Å². The van der Waals surface area contributed by atoms with Gasteiger partial charge in [0.05, 0.1) is 0 Å². The number of rotatable bonds is 6. The number of anilines is 1. The zero-order chi connectivity index (χ0) is 15.2. The number of hydrogen-bond acceptors (Lipinski definition) is 2. The molecule has 0 heterocycles. The van der Waals surface area contributed by atoms with Gasteiger partial charge in [0.2, 0.25) is 0 Å². The molecule has 112 valence electrons. The molecule has 0 saturated heterocycles. The van der Waals surface area contributed by atoms with Gasteiger partial charge in [0.1, 0.15) is 0 Å². The lowest BCUT2D eigenvalue weighted by molar-refractivity contribution is 0.403. The fourth-order valence-corrected chi connectivity index (χ4v) is 2.56. The molecule has 0 aromatic heterocycles. The van der Waals surface area contributed by atoms with Gasteiger partial charge >= 0.3 is 0 Å². The molecule has 1 N–H and O–H groups in total. The van der Waals surface area contributed by atoms with Gasteiger partial charge in [-0.2, -0.15) is 0 Å². The Morgan fingerprint density at radius 3 is 2.38 bits per heavy atom. The summed E-state index contributed by atoms with van der Waals surface area (Å²) in [5, 5.41) is 4.41. The first kappa shape index (κ1) is 15.9. The summed E-state index contributed by atoms with van der Waals surface area (Å²) in [6.07, 6.45) is 0.980. The largest absolute Gasteiger partial charge is 0.382 e. The van der Waals surface area contributed by atoms with Gasteiger partial charge in [-0.3, -0.25) is 0 Å². The number of para-hydroxylation sites is 1. The first-order valence-electron chi connectivity index (χ1n) is 7.28. The van der Waals surface area contributed by atoms with Crippen molar-refractivity contribution in [1.29, 1.82) is 0 Å². The lowest BCUT2D eigenvalue weighted by Gasteiger charge is -2.20. The first-order chi connectivity index (χ1) is 10.0. The van der Waals surface area contributed by atoms with Crippen LogP contribution in [0.15, 0.2) is 48.5 Å². The van der Waals surface area contributed by atoms with Crippen LogP contribution in [0.4, 0.5) is 5.69 Å². The molecule has 0 saturated carbocycles. The Hall–Kier alpha value is -1.51. The molecule has 2 aromatic rings. The zero-order valence-electron chi connectivity index (χ0n) is 12.9. The molecule has 0 fully saturated rings. The summed E-state index contributed by atoms with van der Waals surface area (Å²) in [4.78, 5) is 2.18. The molecule has 0 aliphatic carbocycles. The monoisotopic (exact) mass is 302 g/mol. The van der Waals surface area contributed by atoms with Gasteiger partial charge in [0.25, 0.3) is 0 Å². The third kappa shape index (κ3) is 5.07. The maximum atomic E-state index is 5.93. The fraction of sp³-hybridized carbons (Fsp3) is 0.333. The third-order valence-electron chi connectivity index (χ3n) is 3.36. The highest BCUT2D eigenvalue weighted by Gasteiger charge is 2.07. The molecular weight excluding hydrogens is 280 g/mol. The Balaban J connectivity index is 2.02. The number of nitrogens with zero attached hydrogens (tertiary/aromatic N) is 1. The van der Waals surface area contributed by atoms with Gasteiger partial charge in [-0.1, -0.05) is 41.9 Å². The molecule has 0 aliphatic heterocycles. The van der Waals surface area contributed by atoms with Crippen molar-refractivity contribution < 1.29 is 0 Å². The van der Waals surface area contributed by atoms with Gasteiger partial charge in [0.15, 0.2) is 0 Å². The van der Waals surface area contributed by atoms with Gasteiger partial charge in [0, 0.05) is 23.3 Å². The van der Waals surface area contributed by atoms with Crippen molar-refractivity contribution in [3.8, 4) is 0 Å². The minimum atomic E-state index is 0.370. The van der Waals surface area contributed by atoms with Crippen LogP contribution >= 0.6 is 11.6 Å². The smallest absolute Gasteiger partial charge is 0.0406 e. The minimum Gasteiger partial charge on any atom is -0.382 e. The van der Waals surface area contributed by atoms with E-state index in [9.17, 15) is 0 Å². The highest BCUT2D eigenvalue weighted by Crippen LogP contribution is 2.19. The molecule has 0 amide bonds. The maximum Gasteiger partial charge on any atom is 0.0406 e. The average Bonchev–Trinajstić information content (AvgIpc) is 2.43. The number of nitrogens with one attached hydrogen (secondary N) is 1. The Bertz CT molecular complexity index is 564. The fourth-order valence-electron chi connectivity index (χ4n) is 2.43. The average molecular weight is 303 g/mol. The molecule has 0 radical (unpaired) electrons. The second kappa shape index (κ2) is 7.48. The molecule has 21 heavy (non-hydrogen) atoms. The number of hydrogen-bond donors (Lipinski definition) is 1. The summed E-state index contributed by atoms with van der Waals surface area (Å²) < 4.78 is 0. The molecule has 1 unspecified atom stereocenters. The van der Waals surface area contributed by atoms with E-state index >= 15 is 0 Å². The Labute approximate surface area is 132 Å². The zero-order valence-corrected chi connectivity index (χ0v) is 13.7. The van der Waals surface area contributed by atoms with Crippen LogP contribution in [0, 0.1) is 0 Å². The van der Waals surface area contributed by atoms with Crippen molar-refractivity contribution >= 4 is 17.3 Å². The van der Waals surface area contributed by atoms with Crippen LogP contribution in [0.25, 0.3) is 0 Å². The van der Waals surface area contributed by atoms with Crippen molar-refractivity contribution in [2.45, 2.75) is 25.9 Å². The molecule has 0 aliphatic rings. The van der Waals surface area contributed by atoms with Crippen LogP contribution < -0.4 is 5.32 Å². The van der Waals surface area contributed by atoms with Crippen molar-refractivity contribution in [2.24, 2.45) is 0 Å². The first-order valence-corrected chi connectivity index (χ1v) is 7.66. The standard InChI is InChI=1S/C18H23ClN2/c1-14(12-15-8-10-17(19)11-9-15)20-18-7-5-4-6-16(18)13-21(2)3/h4-11,14,20H,12-13H2,1-3H3. The molecule has 1 atom stereocenters. The van der Waals surface area contributed by atoms with Gasteiger partial charge in [-0.05, 0) is 56.8 Å². The van der Waals surface area contributed by atoms with Crippen LogP contribution in [0.3, 0.4) is 0 Å². The SMILES string of the molecule is CC(Cc1ccc(Cl)cc1)Nc1ccccc1CN(C)C. The summed E-state index contributed by atoms with van der Waals surface area (Å²) in [6.45, 7) is 3.15. The molecule has 0 spiro atoms. The van der Waals surface area contributed by atoms with Gasteiger partial charge < -0.3 is 10.2 Å². The van der Waals surface area contributed by atoms with Crippen LogP contribution in [0.5, 0.6) is 0 Å². The Kier molecular flexibility index (Phi) is 5.66. The molecule has 2 nitrogen and oxygen atoms in total. The normalized spacial score (nSPS) is 12.4. The quantitative estimate of drug-likeness (QED) is 0.848.